The highest BCUT2D eigenvalue weighted by Gasteiger charge is 2.38. The van der Waals surface area contributed by atoms with Crippen LogP contribution in [-0.2, 0) is 0 Å². The summed E-state index contributed by atoms with van der Waals surface area (Å²) < 4.78 is 36.8. The second-order valence-corrected chi connectivity index (χ2v) is 5.70. The summed E-state index contributed by atoms with van der Waals surface area (Å²) in [6.45, 7) is 11.7. The average molecular weight is 371 g/mol. The molecule has 0 amide bonds. The molecule has 0 radical (unpaired) electrons. The standard InChI is InChI=1S/C14H16F3N5.2C2H6/c1-9-3-4-11(5-10(9)2)13-18-20-22(19-13)12-6-21(7-12)8-14(15,16)17;2*1-2/h3-5,12H,6-8H2,1-2H3;2*1-2H3. The number of nitrogens with zero attached hydrogens (tertiary/aromatic N) is 5. The zero-order valence-electron chi connectivity index (χ0n) is 16.3. The van der Waals surface area contributed by atoms with Gasteiger partial charge in [-0.3, -0.25) is 4.90 Å². The summed E-state index contributed by atoms with van der Waals surface area (Å²) in [5.74, 6) is 0.498. The minimum absolute atomic E-state index is 0.143. The Kier molecular flexibility index (Phi) is 8.20. The second kappa shape index (κ2) is 9.66. The molecule has 1 saturated heterocycles. The van der Waals surface area contributed by atoms with Crippen LogP contribution in [0.25, 0.3) is 11.4 Å². The van der Waals surface area contributed by atoms with E-state index in [1.807, 2.05) is 59.7 Å². The molecule has 8 heteroatoms. The summed E-state index contributed by atoms with van der Waals surface area (Å²) in [4.78, 5) is 2.74. The Hall–Kier alpha value is -1.96. The highest BCUT2D eigenvalue weighted by Crippen LogP contribution is 2.26. The number of alkyl halides is 3. The first-order valence-corrected chi connectivity index (χ1v) is 8.98. The van der Waals surface area contributed by atoms with Crippen molar-refractivity contribution in [3.8, 4) is 11.4 Å². The molecule has 1 aliphatic heterocycles. The van der Waals surface area contributed by atoms with Gasteiger partial charge in [-0.2, -0.15) is 18.0 Å². The Labute approximate surface area is 153 Å². The molecule has 1 aromatic carbocycles. The molecule has 1 aliphatic rings. The average Bonchev–Trinajstić information content (AvgIpc) is 3.05. The fourth-order valence-corrected chi connectivity index (χ4v) is 2.45. The van der Waals surface area contributed by atoms with E-state index in [1.54, 1.807) is 0 Å². The van der Waals surface area contributed by atoms with Gasteiger partial charge in [0.05, 0.1) is 12.6 Å². The van der Waals surface area contributed by atoms with Gasteiger partial charge in [0, 0.05) is 18.7 Å². The van der Waals surface area contributed by atoms with Crippen LogP contribution in [0, 0.1) is 13.8 Å². The molecule has 5 nitrogen and oxygen atoms in total. The second-order valence-electron chi connectivity index (χ2n) is 5.70. The quantitative estimate of drug-likeness (QED) is 0.801. The summed E-state index contributed by atoms with van der Waals surface area (Å²) in [6.07, 6.45) is -4.16. The monoisotopic (exact) mass is 371 g/mol. The van der Waals surface area contributed by atoms with Crippen LogP contribution in [0.4, 0.5) is 13.2 Å². The third-order valence-electron chi connectivity index (χ3n) is 3.86. The summed E-state index contributed by atoms with van der Waals surface area (Å²) >= 11 is 0. The Bertz CT molecular complexity index is 676. The molecule has 0 spiro atoms. The predicted octanol–water partition coefficient (Wildman–Crippen LogP) is 4.43. The molecule has 0 N–H and O–H groups in total. The number of aryl methyl sites for hydroxylation is 2. The molecule has 1 fully saturated rings. The van der Waals surface area contributed by atoms with E-state index in [4.69, 9.17) is 0 Å². The van der Waals surface area contributed by atoms with E-state index < -0.39 is 12.7 Å². The van der Waals surface area contributed by atoms with E-state index in [2.05, 4.69) is 15.4 Å². The zero-order chi connectivity index (χ0) is 19.9. The molecule has 0 aliphatic carbocycles. The van der Waals surface area contributed by atoms with Crippen molar-refractivity contribution in [2.45, 2.75) is 53.8 Å². The molecular formula is C18H28F3N5. The van der Waals surface area contributed by atoms with Crippen molar-refractivity contribution < 1.29 is 13.2 Å². The van der Waals surface area contributed by atoms with Crippen LogP contribution in [0.5, 0.6) is 0 Å². The molecule has 0 saturated carbocycles. The minimum Gasteiger partial charge on any atom is -0.290 e. The van der Waals surface area contributed by atoms with Crippen molar-refractivity contribution in [1.82, 2.24) is 25.1 Å². The lowest BCUT2D eigenvalue weighted by atomic mass is 10.1. The van der Waals surface area contributed by atoms with Gasteiger partial charge in [-0.25, -0.2) is 0 Å². The molecule has 26 heavy (non-hydrogen) atoms. The molecule has 0 unspecified atom stereocenters. The fourth-order valence-electron chi connectivity index (χ4n) is 2.45. The molecule has 1 aromatic heterocycles. The van der Waals surface area contributed by atoms with Crippen molar-refractivity contribution in [3.63, 3.8) is 0 Å². The van der Waals surface area contributed by atoms with Crippen LogP contribution in [0.1, 0.15) is 44.9 Å². The number of rotatable bonds is 3. The highest BCUT2D eigenvalue weighted by molar-refractivity contribution is 5.56. The van der Waals surface area contributed by atoms with Crippen LogP contribution in [0.15, 0.2) is 18.2 Å². The highest BCUT2D eigenvalue weighted by atomic mass is 19.4. The van der Waals surface area contributed by atoms with Gasteiger partial charge in [0.25, 0.3) is 0 Å². The Morgan fingerprint density at radius 1 is 1.04 bits per heavy atom. The topological polar surface area (TPSA) is 46.8 Å². The molecule has 146 valence electrons. The molecule has 2 heterocycles. The first-order chi connectivity index (χ1) is 12.3. The Morgan fingerprint density at radius 2 is 1.65 bits per heavy atom. The molecule has 2 aromatic rings. The van der Waals surface area contributed by atoms with Crippen LogP contribution < -0.4 is 0 Å². The first kappa shape index (κ1) is 22.1. The van der Waals surface area contributed by atoms with Crippen molar-refractivity contribution in [3.05, 3.63) is 29.3 Å². The van der Waals surface area contributed by atoms with Gasteiger partial charge in [-0.1, -0.05) is 39.8 Å². The first-order valence-electron chi connectivity index (χ1n) is 8.98. The SMILES string of the molecule is CC.CC.Cc1ccc(-c2nnn(C3CN(CC(F)(F)F)C3)n2)cc1C. The third kappa shape index (κ3) is 5.79. The fraction of sp³-hybridized carbons (Fsp3) is 0.611. The molecule has 0 atom stereocenters. The summed E-state index contributed by atoms with van der Waals surface area (Å²) in [6, 6.07) is 5.74. The number of likely N-dealkylation sites (tertiary alicyclic amines) is 1. The van der Waals surface area contributed by atoms with Gasteiger partial charge in [0.15, 0.2) is 0 Å². The summed E-state index contributed by atoms with van der Waals surface area (Å²) in [5.41, 5.74) is 3.17. The molecule has 3 rings (SSSR count). The third-order valence-corrected chi connectivity index (χ3v) is 3.86. The van der Waals surface area contributed by atoms with Crippen molar-refractivity contribution in [2.24, 2.45) is 0 Å². The number of hydrogen-bond acceptors (Lipinski definition) is 4. The van der Waals surface area contributed by atoms with Crippen LogP contribution >= 0.6 is 0 Å². The van der Waals surface area contributed by atoms with Gasteiger partial charge < -0.3 is 0 Å². The number of hydrogen-bond donors (Lipinski definition) is 0. The van der Waals surface area contributed by atoms with Crippen molar-refractivity contribution in [1.29, 1.82) is 0 Å². The number of benzene rings is 1. The molecule has 0 bridgehead atoms. The maximum atomic E-state index is 12.3. The van der Waals surface area contributed by atoms with E-state index in [0.29, 0.717) is 18.9 Å². The van der Waals surface area contributed by atoms with Crippen molar-refractivity contribution in [2.75, 3.05) is 19.6 Å². The summed E-state index contributed by atoms with van der Waals surface area (Å²) in [5, 5.41) is 12.3. The van der Waals surface area contributed by atoms with Crippen molar-refractivity contribution >= 4 is 0 Å². The normalized spacial score (nSPS) is 14.7. The van der Waals surface area contributed by atoms with Crippen LogP contribution in [-0.4, -0.2) is 50.9 Å². The van der Waals surface area contributed by atoms with Gasteiger partial charge in [0.1, 0.15) is 0 Å². The van der Waals surface area contributed by atoms with E-state index in [-0.39, 0.29) is 6.04 Å². The minimum atomic E-state index is -4.16. The summed E-state index contributed by atoms with van der Waals surface area (Å²) in [7, 11) is 0. The Morgan fingerprint density at radius 3 is 2.19 bits per heavy atom. The smallest absolute Gasteiger partial charge is 0.290 e. The predicted molar refractivity (Wildman–Crippen MR) is 97.0 cm³/mol. The number of aromatic nitrogens is 4. The van der Waals surface area contributed by atoms with E-state index >= 15 is 0 Å². The zero-order valence-corrected chi connectivity index (χ0v) is 16.3. The van der Waals surface area contributed by atoms with Gasteiger partial charge in [-0.15, -0.1) is 10.2 Å². The van der Waals surface area contributed by atoms with Gasteiger partial charge in [-0.05, 0) is 36.3 Å². The Balaban J connectivity index is 0.000000791. The molecular weight excluding hydrogens is 343 g/mol. The lowest BCUT2D eigenvalue weighted by molar-refractivity contribution is -0.158. The van der Waals surface area contributed by atoms with Gasteiger partial charge >= 0.3 is 6.18 Å². The van der Waals surface area contributed by atoms with E-state index in [9.17, 15) is 13.2 Å². The van der Waals surface area contributed by atoms with Gasteiger partial charge in [0.2, 0.25) is 5.82 Å². The van der Waals surface area contributed by atoms with Crippen LogP contribution in [0.2, 0.25) is 0 Å². The van der Waals surface area contributed by atoms with Crippen LogP contribution in [0.3, 0.4) is 0 Å². The van der Waals surface area contributed by atoms with E-state index in [1.165, 1.54) is 15.3 Å². The maximum Gasteiger partial charge on any atom is 0.401 e. The number of halogens is 3. The largest absolute Gasteiger partial charge is 0.401 e. The lowest BCUT2D eigenvalue weighted by Crippen LogP contribution is -2.51. The van der Waals surface area contributed by atoms with E-state index in [0.717, 1.165) is 11.1 Å². The maximum absolute atomic E-state index is 12.3. The number of tetrazole rings is 1. The lowest BCUT2D eigenvalue weighted by Gasteiger charge is -2.38.